The van der Waals surface area contributed by atoms with E-state index in [1.807, 2.05) is 54.6 Å². The van der Waals surface area contributed by atoms with Crippen molar-refractivity contribution in [1.82, 2.24) is 4.57 Å². The highest BCUT2D eigenvalue weighted by atomic mass is 127. The summed E-state index contributed by atoms with van der Waals surface area (Å²) in [5, 5.41) is 2.16. The first kappa shape index (κ1) is 20.7. The molecule has 0 N–H and O–H groups in total. The van der Waals surface area contributed by atoms with Crippen molar-refractivity contribution in [3.05, 3.63) is 112 Å². The van der Waals surface area contributed by atoms with E-state index in [4.69, 9.17) is 4.99 Å². The SMILES string of the molecule is O=C1CCCC2=C1C(c1cccc3ccccc13)n1c(sc(=Cc3ccccc3I)c1=O)=N2. The first-order chi connectivity index (χ1) is 16.1. The number of benzene rings is 3. The molecule has 0 radical (unpaired) electrons. The van der Waals surface area contributed by atoms with E-state index in [9.17, 15) is 9.59 Å². The van der Waals surface area contributed by atoms with Crippen LogP contribution in [0.1, 0.15) is 36.4 Å². The minimum absolute atomic E-state index is 0.0961. The van der Waals surface area contributed by atoms with Crippen LogP contribution in [0.5, 0.6) is 0 Å². The van der Waals surface area contributed by atoms with E-state index in [1.165, 1.54) is 11.3 Å². The van der Waals surface area contributed by atoms with Gasteiger partial charge in [-0.25, -0.2) is 4.99 Å². The Bertz CT molecular complexity index is 1660. The summed E-state index contributed by atoms with van der Waals surface area (Å²) >= 11 is 3.69. The van der Waals surface area contributed by atoms with Gasteiger partial charge in [-0.15, -0.1) is 0 Å². The fourth-order valence-electron chi connectivity index (χ4n) is 4.83. The summed E-state index contributed by atoms with van der Waals surface area (Å²) in [5.74, 6) is 0.102. The Hall–Kier alpha value is -2.84. The summed E-state index contributed by atoms with van der Waals surface area (Å²) in [6.45, 7) is 0. The molecule has 1 aromatic heterocycles. The van der Waals surface area contributed by atoms with Gasteiger partial charge in [0.15, 0.2) is 10.6 Å². The molecule has 0 saturated carbocycles. The molecule has 0 saturated heterocycles. The van der Waals surface area contributed by atoms with Crippen LogP contribution >= 0.6 is 33.9 Å². The van der Waals surface area contributed by atoms with Crippen molar-refractivity contribution >= 4 is 56.6 Å². The fourth-order valence-corrected chi connectivity index (χ4v) is 6.38. The van der Waals surface area contributed by atoms with Crippen molar-refractivity contribution in [2.75, 3.05) is 0 Å². The maximum atomic E-state index is 13.8. The molecule has 4 nitrogen and oxygen atoms in total. The molecule has 0 spiro atoms. The van der Waals surface area contributed by atoms with Crippen molar-refractivity contribution in [2.45, 2.75) is 25.3 Å². The van der Waals surface area contributed by atoms with Gasteiger partial charge in [-0.2, -0.15) is 0 Å². The van der Waals surface area contributed by atoms with Crippen LogP contribution in [-0.4, -0.2) is 10.4 Å². The Morgan fingerprint density at radius 1 is 0.970 bits per heavy atom. The molecule has 6 heteroatoms. The second-order valence-corrected chi connectivity index (χ2v) is 10.5. The lowest BCUT2D eigenvalue weighted by atomic mass is 9.84. The number of ketones is 1. The van der Waals surface area contributed by atoms with Crippen LogP contribution in [0.4, 0.5) is 0 Å². The summed E-state index contributed by atoms with van der Waals surface area (Å²) in [5.41, 5.74) is 3.41. The Labute approximate surface area is 207 Å². The van der Waals surface area contributed by atoms with Crippen molar-refractivity contribution < 1.29 is 4.79 Å². The van der Waals surface area contributed by atoms with Gasteiger partial charge in [0.25, 0.3) is 5.56 Å². The average Bonchev–Trinajstić information content (AvgIpc) is 3.14. The minimum atomic E-state index is -0.452. The summed E-state index contributed by atoms with van der Waals surface area (Å²) in [7, 11) is 0. The van der Waals surface area contributed by atoms with E-state index in [2.05, 4.69) is 40.8 Å². The van der Waals surface area contributed by atoms with Crippen molar-refractivity contribution in [2.24, 2.45) is 4.99 Å². The lowest BCUT2D eigenvalue weighted by molar-refractivity contribution is -0.116. The van der Waals surface area contributed by atoms with Gasteiger partial charge in [0.05, 0.1) is 16.3 Å². The highest BCUT2D eigenvalue weighted by Crippen LogP contribution is 2.38. The van der Waals surface area contributed by atoms with Crippen molar-refractivity contribution in [1.29, 1.82) is 0 Å². The zero-order valence-corrected chi connectivity index (χ0v) is 20.6. The predicted octanol–water partition coefficient (Wildman–Crippen LogP) is 4.73. The summed E-state index contributed by atoms with van der Waals surface area (Å²) in [4.78, 5) is 32.5. The molecule has 4 aromatic rings. The Morgan fingerprint density at radius 2 is 1.76 bits per heavy atom. The van der Waals surface area contributed by atoms with Crippen LogP contribution in [0, 0.1) is 3.57 Å². The van der Waals surface area contributed by atoms with E-state index in [0.29, 0.717) is 21.3 Å². The Morgan fingerprint density at radius 3 is 2.64 bits per heavy atom. The molecular weight excluding hydrogens is 543 g/mol. The molecule has 162 valence electrons. The molecular formula is C27H19IN2O2S. The molecule has 2 heterocycles. The van der Waals surface area contributed by atoms with Gasteiger partial charge >= 0.3 is 0 Å². The highest BCUT2D eigenvalue weighted by molar-refractivity contribution is 14.1. The molecule has 0 amide bonds. The van der Waals surface area contributed by atoms with Gasteiger partial charge in [-0.3, -0.25) is 14.2 Å². The van der Waals surface area contributed by atoms with Crippen LogP contribution in [0.3, 0.4) is 0 Å². The molecule has 1 unspecified atom stereocenters. The number of nitrogens with zero attached hydrogens (tertiary/aromatic N) is 2. The topological polar surface area (TPSA) is 51.4 Å². The summed E-state index contributed by atoms with van der Waals surface area (Å²) < 4.78 is 3.47. The molecule has 2 aliphatic rings. The average molecular weight is 562 g/mol. The molecule has 3 aromatic carbocycles. The number of hydrogen-bond acceptors (Lipinski definition) is 4. The summed E-state index contributed by atoms with van der Waals surface area (Å²) in [6.07, 6.45) is 4.02. The quantitative estimate of drug-likeness (QED) is 0.332. The number of halogens is 1. The first-order valence-electron chi connectivity index (χ1n) is 10.9. The van der Waals surface area contributed by atoms with Gasteiger partial charge in [-0.05, 0) is 69.5 Å². The minimum Gasteiger partial charge on any atom is -0.294 e. The monoisotopic (exact) mass is 562 g/mol. The lowest BCUT2D eigenvalue weighted by Crippen LogP contribution is -2.40. The van der Waals surface area contributed by atoms with E-state index in [1.54, 1.807) is 4.57 Å². The molecule has 33 heavy (non-hydrogen) atoms. The first-order valence-corrected chi connectivity index (χ1v) is 12.8. The Balaban J connectivity index is 1.67. The van der Waals surface area contributed by atoms with Gasteiger partial charge in [0.1, 0.15) is 0 Å². The van der Waals surface area contributed by atoms with Crippen LogP contribution in [0.15, 0.2) is 87.8 Å². The number of fused-ring (bicyclic) bond motifs is 2. The summed E-state index contributed by atoms with van der Waals surface area (Å²) in [6, 6.07) is 21.8. The van der Waals surface area contributed by atoms with E-state index < -0.39 is 6.04 Å². The molecule has 1 aliphatic heterocycles. The third kappa shape index (κ3) is 3.43. The van der Waals surface area contributed by atoms with E-state index in [0.717, 1.165) is 44.0 Å². The van der Waals surface area contributed by atoms with Crippen LogP contribution in [0.25, 0.3) is 16.8 Å². The second kappa shape index (κ2) is 8.18. The zero-order chi connectivity index (χ0) is 22.5. The Kier molecular flexibility index (Phi) is 5.14. The van der Waals surface area contributed by atoms with Crippen molar-refractivity contribution in [3.63, 3.8) is 0 Å². The number of allylic oxidation sites excluding steroid dienone is 2. The number of hydrogen-bond donors (Lipinski definition) is 0. The predicted molar refractivity (Wildman–Crippen MR) is 140 cm³/mol. The maximum absolute atomic E-state index is 13.8. The second-order valence-electron chi connectivity index (χ2n) is 8.31. The standard InChI is InChI=1S/C27H19IN2O2S/c28-20-12-4-2-8-17(20)15-23-26(32)30-25(19-11-5-9-16-7-1-3-10-18(16)19)24-21(29-27(30)33-23)13-6-14-22(24)31/h1-5,7-12,15,25H,6,13-14H2. The smallest absolute Gasteiger partial charge is 0.271 e. The lowest BCUT2D eigenvalue weighted by Gasteiger charge is -2.29. The maximum Gasteiger partial charge on any atom is 0.271 e. The number of rotatable bonds is 2. The van der Waals surface area contributed by atoms with E-state index >= 15 is 0 Å². The van der Waals surface area contributed by atoms with Crippen LogP contribution in [-0.2, 0) is 4.79 Å². The third-order valence-corrected chi connectivity index (χ3v) is 8.30. The third-order valence-electron chi connectivity index (χ3n) is 6.34. The normalized spacial score (nSPS) is 18.3. The van der Waals surface area contributed by atoms with Gasteiger partial charge < -0.3 is 0 Å². The molecule has 0 bridgehead atoms. The van der Waals surface area contributed by atoms with Crippen molar-refractivity contribution in [3.8, 4) is 0 Å². The molecule has 6 rings (SSSR count). The molecule has 1 aliphatic carbocycles. The van der Waals surface area contributed by atoms with Crippen LogP contribution in [0.2, 0.25) is 0 Å². The number of thiazole rings is 1. The molecule has 0 fully saturated rings. The van der Waals surface area contributed by atoms with Crippen LogP contribution < -0.4 is 14.9 Å². The molecule has 1 atom stereocenters. The largest absolute Gasteiger partial charge is 0.294 e. The zero-order valence-electron chi connectivity index (χ0n) is 17.6. The van der Waals surface area contributed by atoms with Gasteiger partial charge in [0, 0.05) is 15.6 Å². The number of aromatic nitrogens is 1. The highest BCUT2D eigenvalue weighted by Gasteiger charge is 2.35. The van der Waals surface area contributed by atoms with Gasteiger partial charge in [-0.1, -0.05) is 72.0 Å². The number of Topliss-reactive ketones (excluding diaryl/α,β-unsaturated/α-hetero) is 1. The van der Waals surface area contributed by atoms with Gasteiger partial charge in [0.2, 0.25) is 0 Å². The number of carbonyl (C=O) groups is 1. The number of carbonyl (C=O) groups excluding carboxylic acids is 1. The van der Waals surface area contributed by atoms with E-state index in [-0.39, 0.29) is 11.3 Å². The fraction of sp³-hybridized carbons (Fsp3) is 0.148.